The maximum Gasteiger partial charge on any atom is 0.219 e. The first-order valence-electron chi connectivity index (χ1n) is 16.7. The Morgan fingerprint density at radius 3 is 1.55 bits per heavy atom. The van der Waals surface area contributed by atoms with Crippen molar-refractivity contribution in [2.45, 2.75) is 71.3 Å². The molecule has 0 saturated heterocycles. The van der Waals surface area contributed by atoms with Crippen LogP contribution in [-0.2, 0) is 30.6 Å². The summed E-state index contributed by atoms with van der Waals surface area (Å²) in [5.74, 6) is 0.582. The van der Waals surface area contributed by atoms with Crippen molar-refractivity contribution in [1.82, 2.24) is 34.8 Å². The predicted molar refractivity (Wildman–Crippen MR) is 201 cm³/mol. The summed E-state index contributed by atoms with van der Waals surface area (Å²) in [5, 5.41) is 2.48. The van der Waals surface area contributed by atoms with Crippen LogP contribution in [0.25, 0.3) is 22.3 Å². The highest BCUT2D eigenvalue weighted by Crippen LogP contribution is 2.22. The first-order chi connectivity index (χ1) is 24.5. The molecule has 0 aliphatic carbocycles. The number of H-pyrrole nitrogens is 2. The zero-order valence-electron chi connectivity index (χ0n) is 28.0. The van der Waals surface area contributed by atoms with Crippen LogP contribution in [-0.4, -0.2) is 47.3 Å². The third-order valence-electron chi connectivity index (χ3n) is 8.11. The van der Waals surface area contributed by atoms with Crippen LogP contribution in [0, 0.1) is 11.9 Å². The number of imidazole rings is 2. The molecule has 0 spiro atoms. The zero-order valence-corrected chi connectivity index (χ0v) is 31.0. The number of halogens is 6. The van der Waals surface area contributed by atoms with E-state index in [0.717, 1.165) is 79.6 Å². The number of amides is 1. The number of hydrogen-bond donors (Lipinski definition) is 2. The second-order valence-corrected chi connectivity index (χ2v) is 14.0. The standard InChI is InChI=1S/C19H19Cl2FN4O.C18H18Cl2FN3/c1-12(27)26(11-13-8-14(20)10-15(21)9-13)7-3-2-4-18-23-16-5-6-17(22)24-19(16)25-18;19-13-9-12(10-14(20)11-13)5-3-1-2-4-6-17-22-15-7-8-16(21)23-18(15)24-17/h5-6,8-10H,2-4,7,11H2,1H3,(H,23,24,25);7-11H,1-6H2,(H,22,23,24). The number of nitrogens with zero attached hydrogens (tertiary/aromatic N) is 5. The summed E-state index contributed by atoms with van der Waals surface area (Å²) in [4.78, 5) is 36.2. The van der Waals surface area contributed by atoms with Crippen LogP contribution in [0.1, 0.15) is 68.2 Å². The molecule has 1 amide bonds. The molecule has 2 N–H and O–H groups in total. The van der Waals surface area contributed by atoms with E-state index in [2.05, 4.69) is 29.9 Å². The first kappa shape index (κ1) is 38.4. The molecule has 0 fully saturated rings. The third kappa shape index (κ3) is 12.1. The second kappa shape index (κ2) is 18.6. The van der Waals surface area contributed by atoms with Crippen LogP contribution < -0.4 is 0 Å². The lowest BCUT2D eigenvalue weighted by Crippen LogP contribution is -2.29. The summed E-state index contributed by atoms with van der Waals surface area (Å²) < 4.78 is 26.2. The third-order valence-corrected chi connectivity index (χ3v) is 8.98. The summed E-state index contributed by atoms with van der Waals surface area (Å²) >= 11 is 24.0. The molecule has 0 unspecified atom stereocenters. The summed E-state index contributed by atoms with van der Waals surface area (Å²) in [6, 6.07) is 16.9. The van der Waals surface area contributed by atoms with Gasteiger partial charge in [0, 0.05) is 52.9 Å². The summed E-state index contributed by atoms with van der Waals surface area (Å²) in [6.07, 6.45) is 8.57. The second-order valence-electron chi connectivity index (χ2n) is 12.2. The number of pyridine rings is 2. The van der Waals surface area contributed by atoms with E-state index in [1.807, 2.05) is 24.3 Å². The number of carbonyl (C=O) groups is 1. The number of benzene rings is 2. The van der Waals surface area contributed by atoms with Crippen molar-refractivity contribution in [3.05, 3.63) is 115 Å². The largest absolute Gasteiger partial charge is 0.341 e. The van der Waals surface area contributed by atoms with Gasteiger partial charge in [-0.05, 0) is 104 Å². The normalized spacial score (nSPS) is 11.2. The zero-order chi connectivity index (χ0) is 36.3. The lowest BCUT2D eigenvalue weighted by Gasteiger charge is -2.21. The van der Waals surface area contributed by atoms with E-state index < -0.39 is 11.9 Å². The van der Waals surface area contributed by atoms with Crippen molar-refractivity contribution < 1.29 is 13.6 Å². The Kier molecular flexibility index (Phi) is 14.0. The molecule has 14 heteroatoms. The molecule has 6 rings (SSSR count). The number of aromatic amines is 2. The Morgan fingerprint density at radius 1 is 0.608 bits per heavy atom. The quantitative estimate of drug-likeness (QED) is 0.0847. The molecule has 8 nitrogen and oxygen atoms in total. The maximum atomic E-state index is 13.1. The van der Waals surface area contributed by atoms with E-state index in [0.29, 0.717) is 50.9 Å². The SMILES string of the molecule is CC(=O)N(CCCCc1nc2nc(F)ccc2[nH]1)Cc1cc(Cl)cc(Cl)c1.Fc1ccc2[nH]c(CCCCCCc3cc(Cl)cc(Cl)c3)nc2n1. The predicted octanol–water partition coefficient (Wildman–Crippen LogP) is 10.5. The summed E-state index contributed by atoms with van der Waals surface area (Å²) in [6.45, 7) is 2.63. The van der Waals surface area contributed by atoms with Crippen LogP contribution in [0.3, 0.4) is 0 Å². The van der Waals surface area contributed by atoms with E-state index in [4.69, 9.17) is 46.4 Å². The summed E-state index contributed by atoms with van der Waals surface area (Å²) in [5.41, 5.74) is 4.40. The van der Waals surface area contributed by atoms with E-state index >= 15 is 0 Å². The van der Waals surface area contributed by atoms with Crippen molar-refractivity contribution in [3.8, 4) is 0 Å². The number of carbonyl (C=O) groups excluding carboxylic acids is 1. The average molecular weight is 776 g/mol. The Morgan fingerprint density at radius 2 is 1.06 bits per heavy atom. The molecule has 0 bridgehead atoms. The van der Waals surface area contributed by atoms with Gasteiger partial charge in [0.05, 0.1) is 11.0 Å². The lowest BCUT2D eigenvalue weighted by molar-refractivity contribution is -0.129. The van der Waals surface area contributed by atoms with Gasteiger partial charge in [-0.1, -0.05) is 59.2 Å². The molecule has 4 aromatic heterocycles. The Hall–Kier alpha value is -3.83. The number of hydrogen-bond acceptors (Lipinski definition) is 5. The smallest absolute Gasteiger partial charge is 0.219 e. The fraction of sp³-hybridized carbons (Fsp3) is 0.324. The highest BCUT2D eigenvalue weighted by atomic mass is 35.5. The molecule has 2 aromatic carbocycles. The van der Waals surface area contributed by atoms with Crippen LogP contribution >= 0.6 is 46.4 Å². The fourth-order valence-corrected chi connectivity index (χ4v) is 6.81. The molecule has 0 atom stereocenters. The Balaban J connectivity index is 0.000000199. The molecule has 0 saturated carbocycles. The van der Waals surface area contributed by atoms with Gasteiger partial charge in [-0.25, -0.2) is 9.97 Å². The first-order valence-corrected chi connectivity index (χ1v) is 18.2. The topological polar surface area (TPSA) is 103 Å². The fourth-order valence-electron chi connectivity index (χ4n) is 5.67. The van der Waals surface area contributed by atoms with Gasteiger partial charge < -0.3 is 14.9 Å². The molecule has 0 aliphatic heterocycles. The molecular formula is C37H37Cl4F2N7O. The van der Waals surface area contributed by atoms with Crippen molar-refractivity contribution in [1.29, 1.82) is 0 Å². The molecule has 51 heavy (non-hydrogen) atoms. The minimum absolute atomic E-state index is 0.00508. The van der Waals surface area contributed by atoms with E-state index in [1.54, 1.807) is 36.1 Å². The van der Waals surface area contributed by atoms with Crippen LogP contribution in [0.15, 0.2) is 60.7 Å². The van der Waals surface area contributed by atoms with Gasteiger partial charge in [0.25, 0.3) is 0 Å². The number of nitrogens with one attached hydrogen (secondary N) is 2. The number of rotatable bonds is 14. The number of aryl methyl sites for hydroxylation is 3. The van der Waals surface area contributed by atoms with Crippen molar-refractivity contribution in [3.63, 3.8) is 0 Å². The highest BCUT2D eigenvalue weighted by molar-refractivity contribution is 6.35. The summed E-state index contributed by atoms with van der Waals surface area (Å²) in [7, 11) is 0. The van der Waals surface area contributed by atoms with E-state index in [-0.39, 0.29) is 5.91 Å². The van der Waals surface area contributed by atoms with Crippen LogP contribution in [0.5, 0.6) is 0 Å². The number of aromatic nitrogens is 6. The van der Waals surface area contributed by atoms with Crippen LogP contribution in [0.2, 0.25) is 20.1 Å². The van der Waals surface area contributed by atoms with Gasteiger partial charge in [0.2, 0.25) is 17.8 Å². The molecular weight excluding hydrogens is 738 g/mol. The van der Waals surface area contributed by atoms with Gasteiger partial charge >= 0.3 is 0 Å². The molecule has 268 valence electrons. The number of fused-ring (bicyclic) bond motifs is 2. The van der Waals surface area contributed by atoms with Crippen molar-refractivity contribution >= 4 is 74.6 Å². The van der Waals surface area contributed by atoms with Gasteiger partial charge in [-0.15, -0.1) is 0 Å². The van der Waals surface area contributed by atoms with Crippen molar-refractivity contribution in [2.75, 3.05) is 6.54 Å². The van der Waals surface area contributed by atoms with Gasteiger partial charge in [0.15, 0.2) is 11.3 Å². The van der Waals surface area contributed by atoms with E-state index in [1.165, 1.54) is 17.7 Å². The average Bonchev–Trinajstić information content (AvgIpc) is 3.66. The minimum Gasteiger partial charge on any atom is -0.341 e. The van der Waals surface area contributed by atoms with Crippen LogP contribution in [0.4, 0.5) is 8.78 Å². The van der Waals surface area contributed by atoms with Gasteiger partial charge in [0.1, 0.15) is 11.6 Å². The number of unbranched alkanes of at least 4 members (excludes halogenated alkanes) is 4. The minimum atomic E-state index is -0.543. The Labute approximate surface area is 314 Å². The lowest BCUT2D eigenvalue weighted by atomic mass is 10.1. The molecule has 0 aliphatic rings. The van der Waals surface area contributed by atoms with Crippen molar-refractivity contribution in [2.24, 2.45) is 0 Å². The Bertz CT molecular complexity index is 2050. The molecule has 0 radical (unpaired) electrons. The molecule has 4 heterocycles. The van der Waals surface area contributed by atoms with Gasteiger partial charge in [-0.3, -0.25) is 4.79 Å². The maximum absolute atomic E-state index is 13.1. The molecule has 6 aromatic rings. The highest BCUT2D eigenvalue weighted by Gasteiger charge is 2.12. The van der Waals surface area contributed by atoms with E-state index in [9.17, 15) is 13.6 Å². The van der Waals surface area contributed by atoms with Gasteiger partial charge in [-0.2, -0.15) is 18.7 Å². The monoisotopic (exact) mass is 773 g/mol.